The molecular formula is C23H20Cl2N6O2S2. The lowest BCUT2D eigenvalue weighted by Gasteiger charge is -2.14. The highest BCUT2D eigenvalue weighted by Gasteiger charge is 2.20. The van der Waals surface area contributed by atoms with E-state index in [0.29, 0.717) is 31.7 Å². The summed E-state index contributed by atoms with van der Waals surface area (Å²) in [5.41, 5.74) is 2.19. The third kappa shape index (κ3) is 6.21. The van der Waals surface area contributed by atoms with Crippen LogP contribution in [0.4, 0.5) is 5.13 Å². The Bertz CT molecular complexity index is 1360. The van der Waals surface area contributed by atoms with Crippen LogP contribution in [-0.4, -0.2) is 37.3 Å². The molecule has 1 atom stereocenters. The highest BCUT2D eigenvalue weighted by Crippen LogP contribution is 2.26. The van der Waals surface area contributed by atoms with E-state index < -0.39 is 6.04 Å². The van der Waals surface area contributed by atoms with Crippen LogP contribution >= 0.6 is 46.3 Å². The van der Waals surface area contributed by atoms with Gasteiger partial charge < -0.3 is 15.2 Å². The molecule has 2 aromatic carbocycles. The number of thiazole rings is 1. The van der Waals surface area contributed by atoms with Crippen LogP contribution in [0.3, 0.4) is 0 Å². The lowest BCUT2D eigenvalue weighted by Crippen LogP contribution is -2.28. The second-order valence-electron chi connectivity index (χ2n) is 7.46. The predicted octanol–water partition coefficient (Wildman–Crippen LogP) is 5.47. The highest BCUT2D eigenvalue weighted by atomic mass is 35.5. The first kappa shape index (κ1) is 25.2. The molecule has 0 fully saturated rings. The number of benzene rings is 2. The minimum atomic E-state index is -0.427. The van der Waals surface area contributed by atoms with Gasteiger partial charge in [-0.1, -0.05) is 65.3 Å². The second kappa shape index (κ2) is 11.2. The van der Waals surface area contributed by atoms with Crippen LogP contribution in [0.25, 0.3) is 11.3 Å². The molecule has 2 N–H and O–H groups in total. The van der Waals surface area contributed by atoms with Crippen LogP contribution < -0.4 is 10.6 Å². The number of amides is 2. The summed E-state index contributed by atoms with van der Waals surface area (Å²) in [6, 6.07) is 14.0. The van der Waals surface area contributed by atoms with Crippen LogP contribution in [0.2, 0.25) is 10.0 Å². The van der Waals surface area contributed by atoms with Crippen LogP contribution in [-0.2, 0) is 11.8 Å². The van der Waals surface area contributed by atoms with Crippen molar-refractivity contribution < 1.29 is 9.59 Å². The molecule has 2 aromatic heterocycles. The Morgan fingerprint density at radius 2 is 1.89 bits per heavy atom. The molecule has 0 radical (unpaired) electrons. The summed E-state index contributed by atoms with van der Waals surface area (Å²) in [6.07, 6.45) is 0. The van der Waals surface area contributed by atoms with Crippen LogP contribution in [0.1, 0.15) is 29.1 Å². The van der Waals surface area contributed by atoms with Gasteiger partial charge in [0.15, 0.2) is 16.1 Å². The molecule has 2 heterocycles. The van der Waals surface area contributed by atoms with Crippen molar-refractivity contribution in [1.29, 1.82) is 0 Å². The number of aromatic nitrogens is 4. The van der Waals surface area contributed by atoms with Gasteiger partial charge in [-0.3, -0.25) is 9.59 Å². The van der Waals surface area contributed by atoms with Crippen molar-refractivity contribution in [2.75, 3.05) is 11.1 Å². The van der Waals surface area contributed by atoms with Gasteiger partial charge in [-0.25, -0.2) is 4.98 Å². The molecule has 0 aliphatic carbocycles. The van der Waals surface area contributed by atoms with Crippen LogP contribution in [0, 0.1) is 0 Å². The molecule has 0 spiro atoms. The number of nitrogens with one attached hydrogen (secondary N) is 2. The van der Waals surface area contributed by atoms with E-state index in [1.54, 1.807) is 30.7 Å². The Hall–Kier alpha value is -2.92. The highest BCUT2D eigenvalue weighted by molar-refractivity contribution is 7.99. The van der Waals surface area contributed by atoms with Crippen molar-refractivity contribution in [1.82, 2.24) is 25.1 Å². The third-order valence-corrected chi connectivity index (χ3v) is 7.45. The fourth-order valence-corrected chi connectivity index (χ4v) is 4.92. The number of rotatable bonds is 8. The van der Waals surface area contributed by atoms with Crippen molar-refractivity contribution in [3.05, 3.63) is 75.3 Å². The fourth-order valence-electron chi connectivity index (χ4n) is 3.17. The van der Waals surface area contributed by atoms with Crippen LogP contribution in [0.15, 0.2) is 59.1 Å². The number of hydrogen-bond acceptors (Lipinski definition) is 7. The first-order valence-electron chi connectivity index (χ1n) is 10.4. The number of hydrogen-bond donors (Lipinski definition) is 2. The summed E-state index contributed by atoms with van der Waals surface area (Å²) < 4.78 is 1.74. The van der Waals surface area contributed by atoms with E-state index in [-0.39, 0.29) is 17.6 Å². The molecule has 0 bridgehead atoms. The molecular weight excluding hydrogens is 527 g/mol. The Morgan fingerprint density at radius 3 is 2.63 bits per heavy atom. The topological polar surface area (TPSA) is 102 Å². The maximum Gasteiger partial charge on any atom is 0.251 e. The predicted molar refractivity (Wildman–Crippen MR) is 140 cm³/mol. The number of thioether (sulfide) groups is 1. The minimum Gasteiger partial charge on any atom is -0.342 e. The van der Waals surface area contributed by atoms with E-state index in [2.05, 4.69) is 25.8 Å². The van der Waals surface area contributed by atoms with Crippen molar-refractivity contribution in [3.8, 4) is 11.3 Å². The number of anilines is 1. The minimum absolute atomic E-state index is 0.135. The van der Waals surface area contributed by atoms with Gasteiger partial charge in [-0.05, 0) is 25.1 Å². The van der Waals surface area contributed by atoms with E-state index in [0.717, 1.165) is 11.3 Å². The average molecular weight is 547 g/mol. The first-order valence-corrected chi connectivity index (χ1v) is 13.0. The van der Waals surface area contributed by atoms with E-state index in [1.165, 1.54) is 29.2 Å². The van der Waals surface area contributed by atoms with Crippen molar-refractivity contribution >= 4 is 63.2 Å². The van der Waals surface area contributed by atoms with Crippen molar-refractivity contribution in [2.45, 2.75) is 18.1 Å². The Kier molecular flexibility index (Phi) is 8.07. The monoisotopic (exact) mass is 546 g/mol. The third-order valence-electron chi connectivity index (χ3n) is 4.94. The van der Waals surface area contributed by atoms with Gasteiger partial charge in [-0.15, -0.1) is 21.5 Å². The summed E-state index contributed by atoms with van der Waals surface area (Å²) in [5, 5.41) is 17.7. The fraction of sp³-hybridized carbons (Fsp3) is 0.174. The lowest BCUT2D eigenvalue weighted by molar-refractivity contribution is -0.113. The largest absolute Gasteiger partial charge is 0.342 e. The molecule has 35 heavy (non-hydrogen) atoms. The molecule has 0 saturated carbocycles. The molecule has 0 aliphatic rings. The summed E-state index contributed by atoms with van der Waals surface area (Å²) in [6.45, 7) is 1.80. The van der Waals surface area contributed by atoms with E-state index >= 15 is 0 Å². The zero-order valence-electron chi connectivity index (χ0n) is 18.7. The number of carbonyl (C=O) groups is 2. The standard InChI is InChI=1S/C23H20Cl2N6O2S2/c1-13(26-21(33)15-8-9-16(24)17(25)10-15)20-29-30-23(31(20)2)35-12-19(32)28-22-27-18(11-34-22)14-6-4-3-5-7-14/h3-11,13H,12H2,1-2H3,(H,26,33)(H,27,28,32)/t13-/m0/s1. The summed E-state index contributed by atoms with van der Waals surface area (Å²) >= 11 is 14.5. The molecule has 12 heteroatoms. The second-order valence-corrected chi connectivity index (χ2v) is 10.1. The zero-order valence-corrected chi connectivity index (χ0v) is 21.8. The quantitative estimate of drug-likeness (QED) is 0.284. The van der Waals surface area contributed by atoms with Crippen molar-refractivity contribution in [3.63, 3.8) is 0 Å². The number of nitrogens with zero attached hydrogens (tertiary/aromatic N) is 4. The van der Waals surface area contributed by atoms with Gasteiger partial charge in [0.05, 0.1) is 27.5 Å². The molecule has 8 nitrogen and oxygen atoms in total. The molecule has 0 saturated heterocycles. The van der Waals surface area contributed by atoms with Gasteiger partial charge in [-0.2, -0.15) is 0 Å². The molecule has 180 valence electrons. The zero-order chi connectivity index (χ0) is 24.9. The molecule has 0 unspecified atom stereocenters. The molecule has 0 aliphatic heterocycles. The number of carbonyl (C=O) groups excluding carboxylic acids is 2. The van der Waals surface area contributed by atoms with E-state index in [9.17, 15) is 9.59 Å². The van der Waals surface area contributed by atoms with Gasteiger partial charge >= 0.3 is 0 Å². The maximum atomic E-state index is 12.6. The van der Waals surface area contributed by atoms with Gasteiger partial charge in [0.1, 0.15) is 0 Å². The normalized spacial score (nSPS) is 11.8. The lowest BCUT2D eigenvalue weighted by atomic mass is 10.2. The smallest absolute Gasteiger partial charge is 0.251 e. The van der Waals surface area contributed by atoms with Gasteiger partial charge in [0.25, 0.3) is 5.91 Å². The Morgan fingerprint density at radius 1 is 1.11 bits per heavy atom. The maximum absolute atomic E-state index is 12.6. The van der Waals surface area contributed by atoms with Gasteiger partial charge in [0.2, 0.25) is 5.91 Å². The van der Waals surface area contributed by atoms with Crippen molar-refractivity contribution in [2.24, 2.45) is 7.05 Å². The Labute approximate surface area is 220 Å². The number of halogens is 2. The molecule has 2 amide bonds. The summed E-state index contributed by atoms with van der Waals surface area (Å²) in [7, 11) is 1.78. The molecule has 4 aromatic rings. The SMILES string of the molecule is C[C@H](NC(=O)c1ccc(Cl)c(Cl)c1)c1nnc(SCC(=O)Nc2nc(-c3ccccc3)cs2)n1C. The summed E-state index contributed by atoms with van der Waals surface area (Å²) in [5.74, 6) is 0.171. The van der Waals surface area contributed by atoms with E-state index in [4.69, 9.17) is 23.2 Å². The first-order chi connectivity index (χ1) is 16.8. The summed E-state index contributed by atoms with van der Waals surface area (Å²) in [4.78, 5) is 29.5. The van der Waals surface area contributed by atoms with E-state index in [1.807, 2.05) is 35.7 Å². The van der Waals surface area contributed by atoms with Crippen LogP contribution in [0.5, 0.6) is 0 Å². The molecule has 4 rings (SSSR count). The average Bonchev–Trinajstić information content (AvgIpc) is 3.46. The van der Waals surface area contributed by atoms with Gasteiger partial charge in [0, 0.05) is 23.6 Å². The Balaban J connectivity index is 1.32.